The Bertz CT molecular complexity index is 873. The standard InChI is InChI=1S/C17H17ClN4O2S2/c1-10-6-11(2)15(13(18)7-10)20-16-21-22-17(26-16)25-9-14(23)19-8-12-4-3-5-24-12/h3-7H,8-9H2,1-2H3,(H,19,23)(H,20,21). The molecule has 2 N–H and O–H groups in total. The van der Waals surface area contributed by atoms with Crippen LogP contribution in [0.25, 0.3) is 0 Å². The van der Waals surface area contributed by atoms with Gasteiger partial charge in [-0.2, -0.15) is 0 Å². The maximum atomic E-state index is 11.9. The number of nitrogens with one attached hydrogen (secondary N) is 2. The summed E-state index contributed by atoms with van der Waals surface area (Å²) in [6.45, 7) is 4.36. The van der Waals surface area contributed by atoms with Crippen molar-refractivity contribution < 1.29 is 9.21 Å². The topological polar surface area (TPSA) is 80.0 Å². The maximum Gasteiger partial charge on any atom is 0.230 e. The largest absolute Gasteiger partial charge is 0.467 e. The van der Waals surface area contributed by atoms with Crippen molar-refractivity contribution in [1.82, 2.24) is 15.5 Å². The van der Waals surface area contributed by atoms with Crippen molar-refractivity contribution in [3.05, 3.63) is 52.4 Å². The average molecular weight is 409 g/mol. The van der Waals surface area contributed by atoms with E-state index in [2.05, 4.69) is 20.8 Å². The molecule has 3 aromatic rings. The van der Waals surface area contributed by atoms with Gasteiger partial charge in [0.2, 0.25) is 11.0 Å². The number of hydrogen-bond donors (Lipinski definition) is 2. The van der Waals surface area contributed by atoms with Gasteiger partial charge < -0.3 is 15.1 Å². The van der Waals surface area contributed by atoms with Crippen LogP contribution < -0.4 is 10.6 Å². The van der Waals surface area contributed by atoms with Crippen LogP contribution in [0.15, 0.2) is 39.3 Å². The van der Waals surface area contributed by atoms with Crippen molar-refractivity contribution in [2.24, 2.45) is 0 Å². The highest BCUT2D eigenvalue weighted by Gasteiger charge is 2.11. The van der Waals surface area contributed by atoms with Crippen LogP contribution in [0.5, 0.6) is 0 Å². The summed E-state index contributed by atoms with van der Waals surface area (Å²) in [6.07, 6.45) is 1.58. The Labute approximate surface area is 164 Å². The summed E-state index contributed by atoms with van der Waals surface area (Å²) in [5.74, 6) is 0.893. The predicted octanol–water partition coefficient (Wildman–Crippen LogP) is 4.55. The first-order valence-electron chi connectivity index (χ1n) is 7.80. The van der Waals surface area contributed by atoms with Crippen LogP contribution in [0.2, 0.25) is 5.02 Å². The average Bonchev–Trinajstić information content (AvgIpc) is 3.26. The Kier molecular flexibility index (Phi) is 6.18. The molecule has 1 amide bonds. The van der Waals surface area contributed by atoms with E-state index < -0.39 is 0 Å². The number of furan rings is 1. The van der Waals surface area contributed by atoms with Crippen molar-refractivity contribution in [3.63, 3.8) is 0 Å². The molecule has 26 heavy (non-hydrogen) atoms. The summed E-state index contributed by atoms with van der Waals surface area (Å²) in [5.41, 5.74) is 2.96. The Balaban J connectivity index is 1.52. The molecule has 0 radical (unpaired) electrons. The van der Waals surface area contributed by atoms with Gasteiger partial charge in [0.1, 0.15) is 5.76 Å². The number of aromatic nitrogens is 2. The highest BCUT2D eigenvalue weighted by molar-refractivity contribution is 8.01. The molecule has 0 aliphatic rings. The number of carbonyl (C=O) groups is 1. The van der Waals surface area contributed by atoms with E-state index >= 15 is 0 Å². The Morgan fingerprint density at radius 1 is 1.35 bits per heavy atom. The molecule has 0 saturated carbocycles. The lowest BCUT2D eigenvalue weighted by Crippen LogP contribution is -2.24. The number of aryl methyl sites for hydroxylation is 2. The van der Waals surface area contributed by atoms with Crippen LogP contribution in [0.4, 0.5) is 10.8 Å². The second-order valence-corrected chi connectivity index (χ2v) is 8.19. The van der Waals surface area contributed by atoms with Gasteiger partial charge in [0, 0.05) is 0 Å². The first-order chi connectivity index (χ1) is 12.5. The minimum absolute atomic E-state index is 0.0893. The molecule has 0 unspecified atom stereocenters. The monoisotopic (exact) mass is 408 g/mol. The number of amides is 1. The number of nitrogens with zero attached hydrogens (tertiary/aromatic N) is 2. The van der Waals surface area contributed by atoms with E-state index in [0.717, 1.165) is 22.6 Å². The van der Waals surface area contributed by atoms with Crippen LogP contribution in [0.3, 0.4) is 0 Å². The second kappa shape index (κ2) is 8.57. The number of halogens is 1. The molecule has 136 valence electrons. The first kappa shape index (κ1) is 18.8. The number of thioether (sulfide) groups is 1. The number of anilines is 2. The third kappa shape index (κ3) is 5.00. The van der Waals surface area contributed by atoms with E-state index in [1.54, 1.807) is 12.3 Å². The van der Waals surface area contributed by atoms with Crippen LogP contribution in [-0.4, -0.2) is 21.9 Å². The van der Waals surface area contributed by atoms with Crippen LogP contribution >= 0.6 is 34.7 Å². The molecule has 0 aliphatic heterocycles. The van der Waals surface area contributed by atoms with Crippen molar-refractivity contribution in [2.75, 3.05) is 11.1 Å². The minimum atomic E-state index is -0.0893. The van der Waals surface area contributed by atoms with Gasteiger partial charge in [-0.3, -0.25) is 4.79 Å². The summed E-state index contributed by atoms with van der Waals surface area (Å²) < 4.78 is 5.88. The van der Waals surface area contributed by atoms with Gasteiger partial charge in [0.15, 0.2) is 4.34 Å². The fourth-order valence-corrected chi connectivity index (χ4v) is 4.23. The number of rotatable bonds is 7. The predicted molar refractivity (Wildman–Crippen MR) is 105 cm³/mol. The van der Waals surface area contributed by atoms with Gasteiger partial charge in [0.25, 0.3) is 0 Å². The van der Waals surface area contributed by atoms with Gasteiger partial charge in [-0.1, -0.05) is 40.8 Å². The van der Waals surface area contributed by atoms with Gasteiger partial charge in [-0.05, 0) is 43.2 Å². The normalized spacial score (nSPS) is 10.7. The molecule has 0 saturated heterocycles. The molecular weight excluding hydrogens is 392 g/mol. The molecule has 6 nitrogen and oxygen atoms in total. The second-order valence-electron chi connectivity index (χ2n) is 5.58. The number of hydrogen-bond acceptors (Lipinski definition) is 7. The van der Waals surface area contributed by atoms with E-state index in [-0.39, 0.29) is 11.7 Å². The van der Waals surface area contributed by atoms with Crippen molar-refractivity contribution in [1.29, 1.82) is 0 Å². The number of benzene rings is 1. The molecular formula is C17H17ClN4O2S2. The minimum Gasteiger partial charge on any atom is -0.467 e. The fourth-order valence-electron chi connectivity index (χ4n) is 2.28. The Morgan fingerprint density at radius 2 is 2.19 bits per heavy atom. The molecule has 3 rings (SSSR count). The van der Waals surface area contributed by atoms with Crippen LogP contribution in [0.1, 0.15) is 16.9 Å². The summed E-state index contributed by atoms with van der Waals surface area (Å²) in [4.78, 5) is 11.9. The number of carbonyl (C=O) groups excluding carboxylic acids is 1. The zero-order valence-corrected chi connectivity index (χ0v) is 16.6. The molecule has 0 spiro atoms. The summed E-state index contributed by atoms with van der Waals surface area (Å²) >= 11 is 9.02. The third-order valence-corrected chi connectivity index (χ3v) is 5.71. The maximum absolute atomic E-state index is 11.9. The van der Waals surface area contributed by atoms with Crippen LogP contribution in [-0.2, 0) is 11.3 Å². The molecule has 9 heteroatoms. The van der Waals surface area contributed by atoms with Gasteiger partial charge in [0.05, 0.1) is 29.3 Å². The lowest BCUT2D eigenvalue weighted by atomic mass is 10.1. The SMILES string of the molecule is Cc1cc(C)c(Nc2nnc(SCC(=O)NCc3ccco3)s2)c(Cl)c1. The van der Waals surface area contributed by atoms with Crippen LogP contribution in [0, 0.1) is 13.8 Å². The van der Waals surface area contributed by atoms with Crippen molar-refractivity contribution in [3.8, 4) is 0 Å². The zero-order chi connectivity index (χ0) is 18.5. The van der Waals surface area contributed by atoms with E-state index in [9.17, 15) is 4.79 Å². The molecule has 0 aliphatic carbocycles. The van der Waals surface area contributed by atoms with Gasteiger partial charge in [-0.15, -0.1) is 10.2 Å². The Morgan fingerprint density at radius 3 is 2.92 bits per heavy atom. The molecule has 0 fully saturated rings. The lowest BCUT2D eigenvalue weighted by molar-refractivity contribution is -0.118. The van der Waals surface area contributed by atoms with Crippen molar-refractivity contribution >= 4 is 51.4 Å². The highest BCUT2D eigenvalue weighted by Crippen LogP contribution is 2.33. The zero-order valence-electron chi connectivity index (χ0n) is 14.2. The van der Waals surface area contributed by atoms with E-state index in [1.807, 2.05) is 32.0 Å². The first-order valence-corrected chi connectivity index (χ1v) is 9.98. The highest BCUT2D eigenvalue weighted by atomic mass is 35.5. The lowest BCUT2D eigenvalue weighted by Gasteiger charge is -2.09. The quantitative estimate of drug-likeness (QED) is 0.558. The summed E-state index contributed by atoms with van der Waals surface area (Å²) in [6, 6.07) is 7.55. The summed E-state index contributed by atoms with van der Waals surface area (Å²) in [7, 11) is 0. The third-order valence-electron chi connectivity index (χ3n) is 3.44. The fraction of sp³-hybridized carbons (Fsp3) is 0.235. The molecule has 2 aromatic heterocycles. The van der Waals surface area contributed by atoms with E-state index in [1.165, 1.54) is 23.1 Å². The van der Waals surface area contributed by atoms with Crippen molar-refractivity contribution in [2.45, 2.75) is 24.7 Å². The smallest absolute Gasteiger partial charge is 0.230 e. The van der Waals surface area contributed by atoms with Gasteiger partial charge in [-0.25, -0.2) is 0 Å². The van der Waals surface area contributed by atoms with Gasteiger partial charge >= 0.3 is 0 Å². The molecule has 2 heterocycles. The molecule has 1 aromatic carbocycles. The summed E-state index contributed by atoms with van der Waals surface area (Å²) in [5, 5.41) is 15.5. The Hall–Kier alpha value is -2.03. The molecule has 0 bridgehead atoms. The van der Waals surface area contributed by atoms with E-state index in [0.29, 0.717) is 21.0 Å². The van der Waals surface area contributed by atoms with E-state index in [4.69, 9.17) is 16.0 Å². The molecule has 0 atom stereocenters.